The molecule has 0 spiro atoms. The molecule has 2 heteroatoms. The van der Waals surface area contributed by atoms with Gasteiger partial charge in [-0.25, -0.2) is 0 Å². The Kier molecular flexibility index (Phi) is 122. The molecule has 0 amide bonds. The van der Waals surface area contributed by atoms with E-state index >= 15 is 0 Å². The van der Waals surface area contributed by atoms with Gasteiger partial charge >= 0.3 is 0 Å². The third-order valence-electron chi connectivity index (χ3n) is 0.333. The fourth-order valence-corrected chi connectivity index (χ4v) is 0. The number of rotatable bonds is 2. The molecule has 0 aromatic heterocycles. The number of carbonyl (C=O) groups excluding carboxylic acids is 1. The first-order valence-corrected chi connectivity index (χ1v) is 2.50. The number of allylic oxidation sites excluding steroid dienone is 4. The molecular weight excluding hydrogens is 225 g/mol. The molecule has 0 aliphatic heterocycles. The van der Waals surface area contributed by atoms with Crippen molar-refractivity contribution in [2.75, 3.05) is 0 Å². The Labute approximate surface area is 82.0 Å². The van der Waals surface area contributed by atoms with Gasteiger partial charge in [0.15, 0.2) is 0 Å². The zero-order valence-electron chi connectivity index (χ0n) is 6.40. The van der Waals surface area contributed by atoms with Crippen LogP contribution in [0.2, 0.25) is 0 Å². The molecule has 0 heterocycles. The van der Waals surface area contributed by atoms with Crippen LogP contribution in [0.3, 0.4) is 0 Å². The summed E-state index contributed by atoms with van der Waals surface area (Å²) >= 11 is 0. The van der Waals surface area contributed by atoms with Gasteiger partial charge < -0.3 is 0 Å². The fourth-order valence-electron chi connectivity index (χ4n) is 0. The van der Waals surface area contributed by atoms with Gasteiger partial charge in [-0.05, 0) is 0 Å². The molecule has 0 aliphatic carbocycles. The molecule has 0 saturated carbocycles. The van der Waals surface area contributed by atoms with Crippen molar-refractivity contribution in [2.24, 2.45) is 0 Å². The van der Waals surface area contributed by atoms with Gasteiger partial charge in [-0.2, -0.15) is 0 Å². The minimum atomic E-state index is 0. The Morgan fingerprint density at radius 3 is 0.818 bits per heavy atom. The molecule has 0 N–H and O–H groups in total. The summed E-state index contributed by atoms with van der Waals surface area (Å²) in [5.74, 6) is 0. The predicted octanol–water partition coefficient (Wildman–Crippen LogP) is 2.32. The molecule has 0 atom stereocenters. The maximum Gasteiger partial charge on any atom is 0.281 e. The number of hydrogen-bond acceptors (Lipinski definition) is 1. The molecule has 0 bridgehead atoms. The maximum atomic E-state index is 7.50. The van der Waals surface area contributed by atoms with Gasteiger partial charge in [0.05, 0.1) is 0 Å². The SMILES string of the molecule is C=CC=C.C=CC=C.[C]=O.[Ru]. The smallest absolute Gasteiger partial charge is 0.281 e. The van der Waals surface area contributed by atoms with Crippen LogP contribution in [0.15, 0.2) is 50.6 Å². The summed E-state index contributed by atoms with van der Waals surface area (Å²) in [5, 5.41) is 0. The fraction of sp³-hybridized carbons (Fsp3) is 0. The third-order valence-corrected chi connectivity index (χ3v) is 0.333. The molecule has 0 rings (SSSR count). The van der Waals surface area contributed by atoms with Crippen LogP contribution in [-0.4, -0.2) is 6.79 Å². The van der Waals surface area contributed by atoms with Crippen molar-refractivity contribution in [2.45, 2.75) is 0 Å². The second kappa shape index (κ2) is 59.6. The summed E-state index contributed by atoms with van der Waals surface area (Å²) in [6.07, 6.45) is 6.56. The maximum absolute atomic E-state index is 7.50. The summed E-state index contributed by atoms with van der Waals surface area (Å²) in [6.45, 7) is 17.9. The average molecular weight is 237 g/mol. The van der Waals surface area contributed by atoms with E-state index < -0.39 is 0 Å². The van der Waals surface area contributed by atoms with Crippen molar-refractivity contribution < 1.29 is 24.3 Å². The topological polar surface area (TPSA) is 17.1 Å². The van der Waals surface area contributed by atoms with E-state index in [1.165, 1.54) is 0 Å². The van der Waals surface area contributed by atoms with Gasteiger partial charge in [0.25, 0.3) is 6.79 Å². The Bertz CT molecular complexity index is 73.7. The second-order valence-electron chi connectivity index (χ2n) is 0.943. The van der Waals surface area contributed by atoms with E-state index in [9.17, 15) is 0 Å². The largest absolute Gasteiger partial charge is 0.281 e. The number of hydrogen-bond donors (Lipinski definition) is 0. The molecule has 0 aromatic rings. The standard InChI is InChI=1S/2C4H6.CO.Ru/c2*1-3-4-2;1-2;/h2*3-4H,1-2H2;;. The van der Waals surface area contributed by atoms with Crippen LogP contribution in [0.5, 0.6) is 0 Å². The summed E-state index contributed by atoms with van der Waals surface area (Å²) in [5.41, 5.74) is 0. The van der Waals surface area contributed by atoms with Crippen LogP contribution in [-0.2, 0) is 24.3 Å². The zero-order chi connectivity index (χ0) is 8.83. The normalized spacial score (nSPS) is 4.00. The van der Waals surface area contributed by atoms with Gasteiger partial charge in [-0.15, -0.1) is 0 Å². The Morgan fingerprint density at radius 2 is 0.818 bits per heavy atom. The summed E-state index contributed by atoms with van der Waals surface area (Å²) < 4.78 is 0. The molecule has 0 aliphatic rings. The predicted molar refractivity (Wildman–Crippen MR) is 46.5 cm³/mol. The van der Waals surface area contributed by atoms with Gasteiger partial charge in [-0.1, -0.05) is 50.6 Å². The third kappa shape index (κ3) is 310. The Hall–Kier alpha value is -0.747. The molecule has 0 unspecified atom stereocenters. The van der Waals surface area contributed by atoms with Crippen LogP contribution in [0.1, 0.15) is 0 Å². The minimum absolute atomic E-state index is 0. The van der Waals surface area contributed by atoms with Crippen molar-refractivity contribution >= 4 is 6.79 Å². The molecule has 1 nitrogen and oxygen atoms in total. The van der Waals surface area contributed by atoms with Crippen LogP contribution >= 0.6 is 0 Å². The average Bonchev–Trinajstić information content (AvgIpc) is 2.08. The molecule has 0 saturated heterocycles. The van der Waals surface area contributed by atoms with Gasteiger partial charge in [-0.3, -0.25) is 4.79 Å². The summed E-state index contributed by atoms with van der Waals surface area (Å²) in [6, 6.07) is 0. The summed E-state index contributed by atoms with van der Waals surface area (Å²) in [7, 11) is 0. The van der Waals surface area contributed by atoms with Gasteiger partial charge in [0, 0.05) is 19.5 Å². The van der Waals surface area contributed by atoms with Crippen LogP contribution in [0, 0.1) is 0 Å². The van der Waals surface area contributed by atoms with Crippen LogP contribution in [0.25, 0.3) is 0 Å². The molecule has 0 aromatic carbocycles. The van der Waals surface area contributed by atoms with Gasteiger partial charge in [0.1, 0.15) is 0 Å². The molecule has 2 radical (unpaired) electrons. The van der Waals surface area contributed by atoms with Crippen LogP contribution < -0.4 is 0 Å². The Balaban J connectivity index is -0.0000000339. The van der Waals surface area contributed by atoms with E-state index in [0.717, 1.165) is 0 Å². The van der Waals surface area contributed by atoms with Crippen LogP contribution in [0.4, 0.5) is 0 Å². The van der Waals surface area contributed by atoms with E-state index in [4.69, 9.17) is 4.79 Å². The summed E-state index contributed by atoms with van der Waals surface area (Å²) in [4.78, 5) is 7.50. The van der Waals surface area contributed by atoms with E-state index in [1.54, 1.807) is 24.3 Å². The Morgan fingerprint density at radius 1 is 0.727 bits per heavy atom. The first-order valence-electron chi connectivity index (χ1n) is 2.50. The van der Waals surface area contributed by atoms with Crippen molar-refractivity contribution in [3.8, 4) is 0 Å². The minimum Gasteiger partial charge on any atom is -0.281 e. The molecule has 0 fully saturated rings. The van der Waals surface area contributed by atoms with Crippen molar-refractivity contribution in [1.29, 1.82) is 0 Å². The van der Waals surface area contributed by atoms with E-state index in [1.807, 2.05) is 0 Å². The molecular formula is C9H12ORu. The van der Waals surface area contributed by atoms with E-state index in [-0.39, 0.29) is 19.5 Å². The second-order valence-corrected chi connectivity index (χ2v) is 0.943. The molecule has 62 valence electrons. The van der Waals surface area contributed by atoms with Crippen molar-refractivity contribution in [3.05, 3.63) is 50.6 Å². The zero-order valence-corrected chi connectivity index (χ0v) is 8.14. The quantitative estimate of drug-likeness (QED) is 0.532. The first-order chi connectivity index (χ1) is 4.83. The monoisotopic (exact) mass is 238 g/mol. The van der Waals surface area contributed by atoms with Crippen molar-refractivity contribution in [3.63, 3.8) is 0 Å². The molecule has 11 heavy (non-hydrogen) atoms. The van der Waals surface area contributed by atoms with E-state index in [2.05, 4.69) is 33.1 Å². The first kappa shape index (κ1) is 22.5. The van der Waals surface area contributed by atoms with E-state index in [0.29, 0.717) is 0 Å². The van der Waals surface area contributed by atoms with Crippen molar-refractivity contribution in [1.82, 2.24) is 0 Å². The van der Waals surface area contributed by atoms with Gasteiger partial charge in [0.2, 0.25) is 0 Å².